The van der Waals surface area contributed by atoms with Gasteiger partial charge >= 0.3 is 0 Å². The van der Waals surface area contributed by atoms with Crippen LogP contribution in [-0.4, -0.2) is 70.8 Å². The number of aliphatic hydroxyl groups is 4. The van der Waals surface area contributed by atoms with E-state index in [9.17, 15) is 19.8 Å². The maximum atomic E-state index is 12.0. The summed E-state index contributed by atoms with van der Waals surface area (Å²) in [6, 6.07) is 11.7. The van der Waals surface area contributed by atoms with Gasteiger partial charge in [-0.1, -0.05) is 36.4 Å². The van der Waals surface area contributed by atoms with E-state index >= 15 is 0 Å². The second kappa shape index (κ2) is 12.2. The van der Waals surface area contributed by atoms with Gasteiger partial charge in [0, 0.05) is 25.9 Å². The zero-order valence-corrected chi connectivity index (χ0v) is 16.9. The summed E-state index contributed by atoms with van der Waals surface area (Å²) in [7, 11) is 0. The maximum absolute atomic E-state index is 12.0. The molecule has 0 spiro atoms. The van der Waals surface area contributed by atoms with E-state index < -0.39 is 25.4 Å². The first-order chi connectivity index (χ1) is 14.4. The SMILES string of the molecule is O=C(CCc1ccc(CCC(=O)NCC(O)CO)c2ccccc12)NCC(O)CO. The van der Waals surface area contributed by atoms with Gasteiger partial charge in [-0.3, -0.25) is 9.59 Å². The number of benzene rings is 2. The van der Waals surface area contributed by atoms with Crippen molar-refractivity contribution in [3.8, 4) is 0 Å². The Balaban J connectivity index is 1.99. The number of rotatable bonds is 12. The summed E-state index contributed by atoms with van der Waals surface area (Å²) in [6.45, 7) is -0.752. The van der Waals surface area contributed by atoms with E-state index in [1.54, 1.807) is 0 Å². The minimum Gasteiger partial charge on any atom is -0.394 e. The molecule has 0 fully saturated rings. The lowest BCUT2D eigenvalue weighted by molar-refractivity contribution is -0.122. The van der Waals surface area contributed by atoms with Gasteiger partial charge in [0.1, 0.15) is 0 Å². The van der Waals surface area contributed by atoms with Gasteiger partial charge in [-0.2, -0.15) is 0 Å². The molecule has 2 aromatic rings. The minimum atomic E-state index is -0.960. The first-order valence-corrected chi connectivity index (χ1v) is 10.0. The van der Waals surface area contributed by atoms with E-state index in [1.807, 2.05) is 36.4 Å². The predicted molar refractivity (Wildman–Crippen MR) is 113 cm³/mol. The minimum absolute atomic E-state index is 0.0203. The average Bonchev–Trinajstić information content (AvgIpc) is 2.78. The van der Waals surface area contributed by atoms with Crippen LogP contribution in [0.3, 0.4) is 0 Å². The molecule has 30 heavy (non-hydrogen) atoms. The first-order valence-electron chi connectivity index (χ1n) is 10.0. The number of hydrogen-bond donors (Lipinski definition) is 6. The topological polar surface area (TPSA) is 139 Å². The van der Waals surface area contributed by atoms with Crippen molar-refractivity contribution in [3.63, 3.8) is 0 Å². The molecule has 0 aliphatic heterocycles. The summed E-state index contributed by atoms with van der Waals surface area (Å²) in [6.07, 6.45) is -0.340. The van der Waals surface area contributed by atoms with Crippen LogP contribution in [0.4, 0.5) is 0 Å². The van der Waals surface area contributed by atoms with Crippen molar-refractivity contribution in [2.45, 2.75) is 37.9 Å². The Morgan fingerprint density at radius 2 is 1.13 bits per heavy atom. The van der Waals surface area contributed by atoms with Crippen molar-refractivity contribution >= 4 is 22.6 Å². The lowest BCUT2D eigenvalue weighted by Crippen LogP contribution is -2.34. The zero-order chi connectivity index (χ0) is 21.9. The Kier molecular flexibility index (Phi) is 9.69. The number of hydrogen-bond acceptors (Lipinski definition) is 6. The molecule has 6 N–H and O–H groups in total. The predicted octanol–water partition coefficient (Wildman–Crippen LogP) is -0.356. The van der Waals surface area contributed by atoms with Gasteiger partial charge in [-0.25, -0.2) is 0 Å². The van der Waals surface area contributed by atoms with Crippen LogP contribution in [0.15, 0.2) is 36.4 Å². The molecule has 2 rings (SSSR count). The van der Waals surface area contributed by atoms with E-state index in [2.05, 4.69) is 10.6 Å². The summed E-state index contributed by atoms with van der Waals surface area (Å²) in [5.74, 6) is -0.394. The number of nitrogens with one attached hydrogen (secondary N) is 2. The quantitative estimate of drug-likeness (QED) is 0.278. The molecule has 0 saturated carbocycles. The molecule has 2 aromatic carbocycles. The van der Waals surface area contributed by atoms with E-state index in [1.165, 1.54) is 0 Å². The van der Waals surface area contributed by atoms with Crippen LogP contribution >= 0.6 is 0 Å². The van der Waals surface area contributed by atoms with Crippen molar-refractivity contribution in [2.75, 3.05) is 26.3 Å². The van der Waals surface area contributed by atoms with Gasteiger partial charge < -0.3 is 31.1 Å². The molecule has 0 bridgehead atoms. The highest BCUT2D eigenvalue weighted by molar-refractivity contribution is 5.89. The third-order valence-electron chi connectivity index (χ3n) is 4.84. The summed E-state index contributed by atoms with van der Waals surface area (Å²) in [5.41, 5.74) is 2.03. The molecular weight excluding hydrogens is 388 g/mol. The Hall–Kier alpha value is -2.52. The summed E-state index contributed by atoms with van der Waals surface area (Å²) in [4.78, 5) is 23.9. The van der Waals surface area contributed by atoms with Gasteiger partial charge in [-0.05, 0) is 34.7 Å². The highest BCUT2D eigenvalue weighted by atomic mass is 16.3. The molecule has 8 heteroatoms. The number of aliphatic hydroxyl groups excluding tert-OH is 4. The van der Waals surface area contributed by atoms with Crippen LogP contribution in [0.25, 0.3) is 10.8 Å². The second-order valence-corrected chi connectivity index (χ2v) is 7.21. The maximum Gasteiger partial charge on any atom is 0.220 e. The van der Waals surface area contributed by atoms with Crippen molar-refractivity contribution in [1.82, 2.24) is 10.6 Å². The molecule has 0 saturated heterocycles. The van der Waals surface area contributed by atoms with Crippen LogP contribution in [0.1, 0.15) is 24.0 Å². The molecule has 0 aliphatic rings. The van der Waals surface area contributed by atoms with Crippen LogP contribution in [0, 0.1) is 0 Å². The number of aryl methyl sites for hydroxylation is 2. The molecule has 0 aliphatic carbocycles. The molecule has 0 aromatic heterocycles. The van der Waals surface area contributed by atoms with Gasteiger partial charge in [-0.15, -0.1) is 0 Å². The summed E-state index contributed by atoms with van der Waals surface area (Å²) >= 11 is 0. The molecule has 2 unspecified atom stereocenters. The molecule has 0 radical (unpaired) electrons. The molecule has 8 nitrogen and oxygen atoms in total. The molecule has 2 amide bonds. The Morgan fingerprint density at radius 1 is 0.733 bits per heavy atom. The number of fused-ring (bicyclic) bond motifs is 1. The standard InChI is InChI=1S/C22H30N2O6/c25-13-17(27)11-23-21(29)9-7-15-5-6-16(20-4-2-1-3-19(15)20)8-10-22(30)24-12-18(28)14-26/h1-6,17-18,25-28H,7-14H2,(H,23,29)(H,24,30). The van der Waals surface area contributed by atoms with Gasteiger partial charge in [0.05, 0.1) is 25.4 Å². The zero-order valence-electron chi connectivity index (χ0n) is 16.9. The Labute approximate surface area is 175 Å². The summed E-state index contributed by atoms with van der Waals surface area (Å²) < 4.78 is 0. The van der Waals surface area contributed by atoms with Crippen LogP contribution in [0.2, 0.25) is 0 Å². The van der Waals surface area contributed by atoms with E-state index in [0.717, 1.165) is 21.9 Å². The third kappa shape index (κ3) is 7.38. The van der Waals surface area contributed by atoms with Crippen LogP contribution < -0.4 is 10.6 Å². The van der Waals surface area contributed by atoms with Gasteiger partial charge in [0.2, 0.25) is 11.8 Å². The highest BCUT2D eigenvalue weighted by Gasteiger charge is 2.11. The Bertz CT molecular complexity index is 773. The highest BCUT2D eigenvalue weighted by Crippen LogP contribution is 2.25. The van der Waals surface area contributed by atoms with Gasteiger partial charge in [0.25, 0.3) is 0 Å². The van der Waals surface area contributed by atoms with E-state index in [-0.39, 0.29) is 37.7 Å². The van der Waals surface area contributed by atoms with E-state index in [0.29, 0.717) is 12.8 Å². The van der Waals surface area contributed by atoms with Crippen LogP contribution in [0.5, 0.6) is 0 Å². The third-order valence-corrected chi connectivity index (χ3v) is 4.84. The van der Waals surface area contributed by atoms with Crippen LogP contribution in [-0.2, 0) is 22.4 Å². The number of carbonyl (C=O) groups is 2. The lowest BCUT2D eigenvalue weighted by atomic mass is 9.94. The molecule has 164 valence electrons. The smallest absolute Gasteiger partial charge is 0.220 e. The average molecular weight is 418 g/mol. The van der Waals surface area contributed by atoms with E-state index in [4.69, 9.17) is 10.2 Å². The normalized spacial score (nSPS) is 13.1. The fourth-order valence-corrected chi connectivity index (χ4v) is 3.13. The number of amides is 2. The summed E-state index contributed by atoms with van der Waals surface area (Å²) in [5, 5.41) is 43.4. The van der Waals surface area contributed by atoms with Crippen molar-refractivity contribution in [1.29, 1.82) is 0 Å². The lowest BCUT2D eigenvalue weighted by Gasteiger charge is -2.13. The van der Waals surface area contributed by atoms with Crippen molar-refractivity contribution < 1.29 is 30.0 Å². The fourth-order valence-electron chi connectivity index (χ4n) is 3.13. The largest absolute Gasteiger partial charge is 0.394 e. The number of carbonyl (C=O) groups excluding carboxylic acids is 2. The second-order valence-electron chi connectivity index (χ2n) is 7.21. The molecule has 0 heterocycles. The van der Waals surface area contributed by atoms with Crippen molar-refractivity contribution in [3.05, 3.63) is 47.5 Å². The van der Waals surface area contributed by atoms with Crippen molar-refractivity contribution in [2.24, 2.45) is 0 Å². The Morgan fingerprint density at radius 3 is 1.50 bits per heavy atom. The first kappa shape index (κ1) is 23.8. The fraction of sp³-hybridized carbons (Fsp3) is 0.455. The molecular formula is C22H30N2O6. The molecule has 2 atom stereocenters. The monoisotopic (exact) mass is 418 g/mol. The van der Waals surface area contributed by atoms with Gasteiger partial charge in [0.15, 0.2) is 0 Å².